The molecule has 0 spiro atoms. The minimum Gasteiger partial charge on any atom is -0.338 e. The van der Waals surface area contributed by atoms with Gasteiger partial charge in [-0.05, 0) is 24.6 Å². The molecule has 6 nitrogen and oxygen atoms in total. The van der Waals surface area contributed by atoms with Crippen LogP contribution in [0.3, 0.4) is 0 Å². The van der Waals surface area contributed by atoms with E-state index in [-0.39, 0.29) is 16.5 Å². The third-order valence-electron chi connectivity index (χ3n) is 4.76. The summed E-state index contributed by atoms with van der Waals surface area (Å²) in [6, 6.07) is 16.6. The summed E-state index contributed by atoms with van der Waals surface area (Å²) in [4.78, 5) is 4.55. The molecule has 2 heterocycles. The van der Waals surface area contributed by atoms with Gasteiger partial charge in [-0.25, -0.2) is 4.39 Å². The molecule has 160 valence electrons. The van der Waals surface area contributed by atoms with Crippen LogP contribution in [0.5, 0.6) is 0 Å². The predicted molar refractivity (Wildman–Crippen MR) is 118 cm³/mol. The molecule has 8 heteroatoms. The Labute approximate surface area is 184 Å². The molecule has 2 aromatic heterocycles. The Kier molecular flexibility index (Phi) is 5.91. The van der Waals surface area contributed by atoms with Gasteiger partial charge in [0.25, 0.3) is 0 Å². The molecule has 0 N–H and O–H groups in total. The van der Waals surface area contributed by atoms with Crippen molar-refractivity contribution in [2.75, 3.05) is 0 Å². The first-order valence-electron chi connectivity index (χ1n) is 10.1. The smallest absolute Gasteiger partial charge is 0.239 e. The van der Waals surface area contributed by atoms with Gasteiger partial charge in [0, 0.05) is 5.41 Å². The first-order chi connectivity index (χ1) is 14.8. The van der Waals surface area contributed by atoms with Gasteiger partial charge in [-0.3, -0.25) is 4.57 Å². The van der Waals surface area contributed by atoms with Crippen LogP contribution in [-0.4, -0.2) is 24.9 Å². The van der Waals surface area contributed by atoms with Gasteiger partial charge in [-0.1, -0.05) is 80.2 Å². The zero-order valence-electron chi connectivity index (χ0n) is 17.9. The van der Waals surface area contributed by atoms with Crippen LogP contribution < -0.4 is 0 Å². The molecule has 31 heavy (non-hydrogen) atoms. The van der Waals surface area contributed by atoms with Crippen LogP contribution in [0.25, 0.3) is 11.4 Å². The first-order valence-corrected chi connectivity index (χ1v) is 10.9. The Morgan fingerprint density at radius 3 is 2.42 bits per heavy atom. The molecule has 0 saturated heterocycles. The normalized spacial score (nSPS) is 12.8. The lowest BCUT2D eigenvalue weighted by atomic mass is 9.96. The highest BCUT2D eigenvalue weighted by Crippen LogP contribution is 2.36. The highest BCUT2D eigenvalue weighted by molar-refractivity contribution is 7.99. The van der Waals surface area contributed by atoms with Gasteiger partial charge in [0.1, 0.15) is 5.82 Å². The van der Waals surface area contributed by atoms with E-state index in [4.69, 9.17) is 4.52 Å². The second-order valence-corrected chi connectivity index (χ2v) is 9.63. The standard InChI is InChI=1S/C23H24FN5OS/c1-15(20-25-21(28-30-20)23(2,3)4)31-22-27-26-19(17-12-8-9-13-18(17)24)29(22)14-16-10-6-5-7-11-16/h5-13,15H,14H2,1-4H3/t15-/m1/s1. The molecule has 2 aromatic carbocycles. The topological polar surface area (TPSA) is 69.6 Å². The van der Waals surface area contributed by atoms with E-state index in [0.717, 1.165) is 5.56 Å². The van der Waals surface area contributed by atoms with E-state index in [0.29, 0.717) is 34.8 Å². The van der Waals surface area contributed by atoms with Gasteiger partial charge in [0.05, 0.1) is 17.4 Å². The second-order valence-electron chi connectivity index (χ2n) is 8.32. The molecule has 0 bridgehead atoms. The Morgan fingerprint density at radius 2 is 1.74 bits per heavy atom. The van der Waals surface area contributed by atoms with Crippen LogP contribution in [-0.2, 0) is 12.0 Å². The highest BCUT2D eigenvalue weighted by atomic mass is 32.2. The molecule has 0 radical (unpaired) electrons. The first kappa shape index (κ1) is 21.2. The molecule has 0 saturated carbocycles. The van der Waals surface area contributed by atoms with Gasteiger partial charge in [0.2, 0.25) is 5.89 Å². The summed E-state index contributed by atoms with van der Waals surface area (Å²) in [5.41, 5.74) is 1.29. The van der Waals surface area contributed by atoms with Crippen molar-refractivity contribution in [1.82, 2.24) is 24.9 Å². The maximum atomic E-state index is 14.5. The van der Waals surface area contributed by atoms with E-state index in [1.165, 1.54) is 17.8 Å². The van der Waals surface area contributed by atoms with Crippen LogP contribution in [0.15, 0.2) is 64.3 Å². The van der Waals surface area contributed by atoms with Crippen LogP contribution in [0.4, 0.5) is 4.39 Å². The Bertz CT molecular complexity index is 1170. The van der Waals surface area contributed by atoms with E-state index < -0.39 is 0 Å². The van der Waals surface area contributed by atoms with Crippen molar-refractivity contribution in [3.05, 3.63) is 77.7 Å². The van der Waals surface area contributed by atoms with Crippen LogP contribution in [0, 0.1) is 5.82 Å². The number of hydrogen-bond acceptors (Lipinski definition) is 6. The molecule has 1 atom stereocenters. The summed E-state index contributed by atoms with van der Waals surface area (Å²) < 4.78 is 21.9. The molecular weight excluding hydrogens is 413 g/mol. The number of benzene rings is 2. The summed E-state index contributed by atoms with van der Waals surface area (Å²) in [6.45, 7) is 8.61. The zero-order chi connectivity index (χ0) is 22.0. The van der Waals surface area contributed by atoms with Crippen molar-refractivity contribution >= 4 is 11.8 Å². The summed E-state index contributed by atoms with van der Waals surface area (Å²) >= 11 is 1.46. The number of rotatable bonds is 6. The summed E-state index contributed by atoms with van der Waals surface area (Å²) in [7, 11) is 0. The van der Waals surface area contributed by atoms with E-state index in [2.05, 4.69) is 20.3 Å². The van der Waals surface area contributed by atoms with Crippen LogP contribution in [0.1, 0.15) is 50.2 Å². The zero-order valence-corrected chi connectivity index (χ0v) is 18.7. The third-order valence-corrected chi connectivity index (χ3v) is 5.83. The lowest BCUT2D eigenvalue weighted by molar-refractivity contribution is 0.364. The van der Waals surface area contributed by atoms with Gasteiger partial charge in [0.15, 0.2) is 16.8 Å². The Morgan fingerprint density at radius 1 is 1.03 bits per heavy atom. The molecular formula is C23H24FN5OS. The van der Waals surface area contributed by atoms with Crippen LogP contribution >= 0.6 is 11.8 Å². The summed E-state index contributed by atoms with van der Waals surface area (Å²) in [6.07, 6.45) is 0. The number of thioether (sulfide) groups is 1. The fourth-order valence-electron chi connectivity index (χ4n) is 3.04. The number of hydrogen-bond donors (Lipinski definition) is 0. The maximum absolute atomic E-state index is 14.5. The number of aromatic nitrogens is 5. The van der Waals surface area contributed by atoms with E-state index in [9.17, 15) is 4.39 Å². The Balaban J connectivity index is 1.68. The van der Waals surface area contributed by atoms with Gasteiger partial charge >= 0.3 is 0 Å². The van der Waals surface area contributed by atoms with E-state index >= 15 is 0 Å². The van der Waals surface area contributed by atoms with Gasteiger partial charge in [-0.2, -0.15) is 4.98 Å². The van der Waals surface area contributed by atoms with Crippen molar-refractivity contribution in [1.29, 1.82) is 0 Å². The quantitative estimate of drug-likeness (QED) is 0.362. The van der Waals surface area contributed by atoms with Crippen molar-refractivity contribution < 1.29 is 8.91 Å². The van der Waals surface area contributed by atoms with Crippen LogP contribution in [0.2, 0.25) is 0 Å². The lowest BCUT2D eigenvalue weighted by Crippen LogP contribution is -2.13. The molecule has 4 aromatic rings. The predicted octanol–water partition coefficient (Wildman–Crippen LogP) is 5.67. The molecule has 0 aliphatic carbocycles. The fourth-order valence-corrected chi connectivity index (χ4v) is 3.92. The van der Waals surface area contributed by atoms with Gasteiger partial charge in [-0.15, -0.1) is 10.2 Å². The van der Waals surface area contributed by atoms with Crippen molar-refractivity contribution in [2.45, 2.75) is 50.1 Å². The van der Waals surface area contributed by atoms with Gasteiger partial charge < -0.3 is 4.52 Å². The average molecular weight is 438 g/mol. The Hall–Kier alpha value is -3.00. The molecule has 0 aliphatic heterocycles. The maximum Gasteiger partial charge on any atom is 0.239 e. The largest absolute Gasteiger partial charge is 0.338 e. The average Bonchev–Trinajstić information content (AvgIpc) is 3.38. The van der Waals surface area contributed by atoms with Crippen molar-refractivity contribution in [3.8, 4) is 11.4 Å². The fraction of sp³-hybridized carbons (Fsp3) is 0.304. The third kappa shape index (κ3) is 4.69. The summed E-state index contributed by atoms with van der Waals surface area (Å²) in [5, 5.41) is 13.3. The summed E-state index contributed by atoms with van der Waals surface area (Å²) in [5.74, 6) is 1.34. The number of nitrogens with zero attached hydrogens (tertiary/aromatic N) is 5. The highest BCUT2D eigenvalue weighted by Gasteiger charge is 2.26. The van der Waals surface area contributed by atoms with E-state index in [1.807, 2.05) is 62.6 Å². The molecule has 0 fully saturated rings. The van der Waals surface area contributed by atoms with Crippen molar-refractivity contribution in [3.63, 3.8) is 0 Å². The minimum atomic E-state index is -0.333. The SMILES string of the molecule is C[C@@H](Sc1nnc(-c2ccccc2F)n1Cc1ccccc1)c1nc(C(C)(C)C)no1. The van der Waals surface area contributed by atoms with E-state index in [1.54, 1.807) is 18.2 Å². The second kappa shape index (κ2) is 8.63. The molecule has 0 amide bonds. The molecule has 0 unspecified atom stereocenters. The minimum absolute atomic E-state index is 0.143. The lowest BCUT2D eigenvalue weighted by Gasteiger charge is -2.13. The molecule has 0 aliphatic rings. The number of halogens is 1. The van der Waals surface area contributed by atoms with Crippen molar-refractivity contribution in [2.24, 2.45) is 0 Å². The monoisotopic (exact) mass is 437 g/mol. The molecule has 4 rings (SSSR count).